The van der Waals surface area contributed by atoms with Gasteiger partial charge in [0.1, 0.15) is 6.61 Å². The van der Waals surface area contributed by atoms with Crippen LogP contribution in [0.1, 0.15) is 11.1 Å². The average Bonchev–Trinajstić information content (AvgIpc) is 2.60. The van der Waals surface area contributed by atoms with Crippen molar-refractivity contribution in [3.63, 3.8) is 0 Å². The number of rotatable bonds is 6. The van der Waals surface area contributed by atoms with Crippen LogP contribution >= 0.6 is 27.5 Å². The first kappa shape index (κ1) is 18.1. The van der Waals surface area contributed by atoms with Gasteiger partial charge in [-0.25, -0.2) is 0 Å². The fourth-order valence-corrected chi connectivity index (χ4v) is 2.61. The summed E-state index contributed by atoms with van der Waals surface area (Å²) in [7, 11) is 1.57. The summed E-state index contributed by atoms with van der Waals surface area (Å²) in [5.74, 6) is 1.19. The number of hydrogen-bond acceptors (Lipinski definition) is 3. The van der Waals surface area contributed by atoms with Crippen molar-refractivity contribution in [1.82, 2.24) is 0 Å². The highest BCUT2D eigenvalue weighted by Crippen LogP contribution is 2.35. The van der Waals surface area contributed by atoms with Crippen molar-refractivity contribution in [2.24, 2.45) is 0 Å². The van der Waals surface area contributed by atoms with Gasteiger partial charge in [0.2, 0.25) is 0 Å². The number of ether oxygens (including phenoxy) is 2. The number of nitrogens with zero attached hydrogens (tertiary/aromatic N) is 1. The summed E-state index contributed by atoms with van der Waals surface area (Å²) in [5.41, 5.74) is 2.12. The normalized spacial score (nSPS) is 10.8. The first-order valence-corrected chi connectivity index (χ1v) is 8.25. The smallest absolute Gasteiger partial charge is 0.162 e. The van der Waals surface area contributed by atoms with Crippen LogP contribution in [0.3, 0.4) is 0 Å². The number of methoxy groups -OCH3 is 1. The molecule has 0 amide bonds. The fourth-order valence-electron chi connectivity index (χ4n) is 2.05. The largest absolute Gasteiger partial charge is 0.493 e. The lowest BCUT2D eigenvalue weighted by Crippen LogP contribution is -1.97. The Labute approximate surface area is 154 Å². The van der Waals surface area contributed by atoms with Crippen molar-refractivity contribution in [3.8, 4) is 17.6 Å². The summed E-state index contributed by atoms with van der Waals surface area (Å²) >= 11 is 9.40. The van der Waals surface area contributed by atoms with Gasteiger partial charge in [-0.15, -0.1) is 0 Å². The molecule has 0 heterocycles. The Hall–Kier alpha value is -2.22. The first-order valence-electron chi connectivity index (χ1n) is 7.08. The first-order chi connectivity index (χ1) is 11.6. The molecule has 2 aromatic rings. The van der Waals surface area contributed by atoms with Gasteiger partial charge >= 0.3 is 0 Å². The number of allylic oxidation sites excluding steroid dienone is 1. The van der Waals surface area contributed by atoms with E-state index in [9.17, 15) is 5.26 Å². The highest BCUT2D eigenvalue weighted by atomic mass is 79.9. The molecule has 0 aromatic heterocycles. The highest BCUT2D eigenvalue weighted by Gasteiger charge is 2.10. The predicted octanol–water partition coefficient (Wildman–Crippen LogP) is 5.74. The Morgan fingerprint density at radius 1 is 1.29 bits per heavy atom. The second kappa shape index (κ2) is 8.58. The van der Waals surface area contributed by atoms with Crippen molar-refractivity contribution in [2.45, 2.75) is 0 Å². The molecule has 0 radical (unpaired) electrons. The van der Waals surface area contributed by atoms with E-state index in [4.69, 9.17) is 21.1 Å². The van der Waals surface area contributed by atoms with Crippen molar-refractivity contribution >= 4 is 39.2 Å². The maximum atomic E-state index is 9.46. The quantitative estimate of drug-likeness (QED) is 0.350. The standard InChI is InChI=1S/C19H15BrClNO2/c1-3-8-24-19-11-17(20)14(10-18(19)23-2)9-15(12-22)13-4-6-16(21)7-5-13/h3-7,9-11H,1,8H2,2H3/b15-9-. The molecule has 0 saturated heterocycles. The fraction of sp³-hybridized carbons (Fsp3) is 0.105. The summed E-state index contributed by atoms with van der Waals surface area (Å²) in [4.78, 5) is 0. The van der Waals surface area contributed by atoms with Gasteiger partial charge in [0.25, 0.3) is 0 Å². The summed E-state index contributed by atoms with van der Waals surface area (Å²) < 4.78 is 11.7. The van der Waals surface area contributed by atoms with Crippen molar-refractivity contribution < 1.29 is 9.47 Å². The van der Waals surface area contributed by atoms with Crippen molar-refractivity contribution in [3.05, 3.63) is 69.7 Å². The Morgan fingerprint density at radius 2 is 2.00 bits per heavy atom. The second-order valence-corrected chi connectivity index (χ2v) is 6.09. The molecule has 0 unspecified atom stereocenters. The Kier molecular flexibility index (Phi) is 6.48. The van der Waals surface area contributed by atoms with E-state index in [0.717, 1.165) is 15.6 Å². The lowest BCUT2D eigenvalue weighted by Gasteiger charge is -2.12. The molecule has 0 saturated carbocycles. The van der Waals surface area contributed by atoms with Gasteiger partial charge in [0.15, 0.2) is 11.5 Å². The molecule has 0 bridgehead atoms. The van der Waals surface area contributed by atoms with E-state index in [2.05, 4.69) is 28.6 Å². The summed E-state index contributed by atoms with van der Waals surface area (Å²) in [6, 6.07) is 13.0. The monoisotopic (exact) mass is 403 g/mol. The van der Waals surface area contributed by atoms with Gasteiger partial charge in [-0.2, -0.15) is 5.26 Å². The molecule has 0 fully saturated rings. The van der Waals surface area contributed by atoms with E-state index in [1.54, 1.807) is 31.4 Å². The highest BCUT2D eigenvalue weighted by molar-refractivity contribution is 9.10. The molecule has 0 aliphatic rings. The van der Waals surface area contributed by atoms with Gasteiger partial charge < -0.3 is 9.47 Å². The number of halogens is 2. The number of nitriles is 1. The van der Waals surface area contributed by atoms with Gasteiger partial charge in [-0.3, -0.25) is 0 Å². The summed E-state index contributed by atoms with van der Waals surface area (Å²) in [5, 5.41) is 10.1. The van der Waals surface area contributed by atoms with Crippen LogP contribution in [-0.4, -0.2) is 13.7 Å². The molecular weight excluding hydrogens is 390 g/mol. The van der Waals surface area contributed by atoms with Crippen LogP contribution < -0.4 is 9.47 Å². The lowest BCUT2D eigenvalue weighted by atomic mass is 10.0. The number of benzene rings is 2. The van der Waals surface area contributed by atoms with E-state index in [1.165, 1.54) is 0 Å². The minimum atomic E-state index is 0.381. The topological polar surface area (TPSA) is 42.2 Å². The molecule has 0 N–H and O–H groups in total. The van der Waals surface area contributed by atoms with E-state index in [-0.39, 0.29) is 0 Å². The average molecular weight is 405 g/mol. The Bertz CT molecular complexity index is 807. The van der Waals surface area contributed by atoms with Crippen LogP contribution in [-0.2, 0) is 0 Å². The lowest BCUT2D eigenvalue weighted by molar-refractivity contribution is 0.326. The van der Waals surface area contributed by atoms with Gasteiger partial charge in [-0.1, -0.05) is 52.3 Å². The SMILES string of the molecule is C=CCOc1cc(Br)c(/C=C(/C#N)c2ccc(Cl)cc2)cc1OC. The molecule has 0 aliphatic heterocycles. The zero-order chi connectivity index (χ0) is 17.5. The van der Waals surface area contributed by atoms with Gasteiger partial charge in [-0.05, 0) is 41.5 Å². The molecule has 24 heavy (non-hydrogen) atoms. The van der Waals surface area contributed by atoms with Crippen LogP contribution in [0, 0.1) is 11.3 Å². The molecule has 0 aliphatic carbocycles. The van der Waals surface area contributed by atoms with Crippen LogP contribution in [0.2, 0.25) is 5.02 Å². The zero-order valence-corrected chi connectivity index (χ0v) is 15.4. The maximum Gasteiger partial charge on any atom is 0.162 e. The van der Waals surface area contributed by atoms with Crippen LogP contribution in [0.4, 0.5) is 0 Å². The second-order valence-electron chi connectivity index (χ2n) is 4.80. The molecule has 5 heteroatoms. The molecule has 0 spiro atoms. The van der Waals surface area contributed by atoms with Crippen LogP contribution in [0.15, 0.2) is 53.5 Å². The summed E-state index contributed by atoms with van der Waals surface area (Å²) in [6.45, 7) is 4.01. The zero-order valence-electron chi connectivity index (χ0n) is 13.1. The van der Waals surface area contributed by atoms with Crippen LogP contribution in [0.5, 0.6) is 11.5 Å². The third-order valence-electron chi connectivity index (χ3n) is 3.22. The molecule has 3 nitrogen and oxygen atoms in total. The molecule has 2 aromatic carbocycles. The predicted molar refractivity (Wildman–Crippen MR) is 101 cm³/mol. The van der Waals surface area contributed by atoms with E-state index in [1.807, 2.05) is 24.3 Å². The summed E-state index contributed by atoms with van der Waals surface area (Å²) in [6.07, 6.45) is 3.45. The molecule has 2 rings (SSSR count). The number of hydrogen-bond donors (Lipinski definition) is 0. The van der Waals surface area contributed by atoms with E-state index in [0.29, 0.717) is 28.7 Å². The van der Waals surface area contributed by atoms with Crippen molar-refractivity contribution in [2.75, 3.05) is 13.7 Å². The Balaban J connectivity index is 2.44. The van der Waals surface area contributed by atoms with Gasteiger partial charge in [0, 0.05) is 9.50 Å². The minimum absolute atomic E-state index is 0.381. The minimum Gasteiger partial charge on any atom is -0.493 e. The van der Waals surface area contributed by atoms with Gasteiger partial charge in [0.05, 0.1) is 18.8 Å². The molecule has 0 atom stereocenters. The molecular formula is C19H15BrClNO2. The third kappa shape index (κ3) is 4.41. The van der Waals surface area contributed by atoms with Crippen LogP contribution in [0.25, 0.3) is 11.6 Å². The third-order valence-corrected chi connectivity index (χ3v) is 4.15. The maximum absolute atomic E-state index is 9.46. The van der Waals surface area contributed by atoms with Crippen molar-refractivity contribution in [1.29, 1.82) is 5.26 Å². The van der Waals surface area contributed by atoms with E-state index >= 15 is 0 Å². The van der Waals surface area contributed by atoms with E-state index < -0.39 is 0 Å². The molecule has 122 valence electrons. The Morgan fingerprint density at radius 3 is 2.58 bits per heavy atom.